The first kappa shape index (κ1) is 14.1. The minimum atomic E-state index is -0.627. The molecule has 2 aromatic rings. The molecule has 1 aliphatic heterocycles. The number of carbonyl (C=O) groups is 1. The van der Waals surface area contributed by atoms with Crippen molar-refractivity contribution in [3.05, 3.63) is 54.4 Å². The molecular weight excluding hydrogens is 282 g/mol. The topological polar surface area (TPSA) is 72.8 Å². The van der Waals surface area contributed by atoms with Gasteiger partial charge in [-0.15, -0.1) is 0 Å². The standard InChI is InChI=1S/C16H15N3O3/c1-21-13-6-4-11(5-7-13)14-9-15(22-19-14)16(20)18-12-3-2-8-17-10-12/h2-8,10,15H,9H2,1H3,(H,18,20)/t15-/m0/s1. The van der Waals surface area contributed by atoms with E-state index in [9.17, 15) is 4.79 Å². The van der Waals surface area contributed by atoms with E-state index in [1.54, 1.807) is 31.6 Å². The fourth-order valence-corrected chi connectivity index (χ4v) is 2.13. The van der Waals surface area contributed by atoms with Gasteiger partial charge in [0.1, 0.15) is 5.75 Å². The predicted molar refractivity (Wildman–Crippen MR) is 81.9 cm³/mol. The largest absolute Gasteiger partial charge is 0.497 e. The number of anilines is 1. The van der Waals surface area contributed by atoms with Gasteiger partial charge >= 0.3 is 0 Å². The Bertz CT molecular complexity index is 684. The normalized spacial score (nSPS) is 16.6. The number of oxime groups is 1. The first-order valence-corrected chi connectivity index (χ1v) is 6.84. The smallest absolute Gasteiger partial charge is 0.268 e. The Balaban J connectivity index is 1.62. The summed E-state index contributed by atoms with van der Waals surface area (Å²) in [6, 6.07) is 11.0. The molecule has 6 nitrogen and oxygen atoms in total. The van der Waals surface area contributed by atoms with Crippen molar-refractivity contribution in [3.63, 3.8) is 0 Å². The maximum Gasteiger partial charge on any atom is 0.268 e. The molecular formula is C16H15N3O3. The van der Waals surface area contributed by atoms with Crippen LogP contribution in [-0.4, -0.2) is 29.8 Å². The second-order valence-electron chi connectivity index (χ2n) is 4.80. The molecule has 1 amide bonds. The summed E-state index contributed by atoms with van der Waals surface area (Å²) in [5.74, 6) is 0.536. The van der Waals surface area contributed by atoms with E-state index < -0.39 is 6.10 Å². The van der Waals surface area contributed by atoms with Crippen molar-refractivity contribution >= 4 is 17.3 Å². The van der Waals surface area contributed by atoms with Crippen LogP contribution in [0.25, 0.3) is 0 Å². The van der Waals surface area contributed by atoms with Crippen molar-refractivity contribution in [2.24, 2.45) is 5.16 Å². The second-order valence-corrected chi connectivity index (χ2v) is 4.80. The van der Waals surface area contributed by atoms with Gasteiger partial charge in [0.25, 0.3) is 5.91 Å². The third-order valence-electron chi connectivity index (χ3n) is 3.31. The van der Waals surface area contributed by atoms with E-state index in [0.717, 1.165) is 17.0 Å². The van der Waals surface area contributed by atoms with E-state index in [-0.39, 0.29) is 5.91 Å². The molecule has 0 aliphatic carbocycles. The maximum absolute atomic E-state index is 12.1. The molecule has 0 saturated heterocycles. The SMILES string of the molecule is COc1ccc(C2=NO[C@H](C(=O)Nc3cccnc3)C2)cc1. The van der Waals surface area contributed by atoms with Crippen LogP contribution in [0.1, 0.15) is 12.0 Å². The van der Waals surface area contributed by atoms with Gasteiger partial charge in [-0.3, -0.25) is 9.78 Å². The molecule has 0 bridgehead atoms. The minimum absolute atomic E-state index is 0.236. The molecule has 0 spiro atoms. The molecule has 1 atom stereocenters. The third kappa shape index (κ3) is 3.06. The van der Waals surface area contributed by atoms with Crippen LogP contribution in [0.3, 0.4) is 0 Å². The number of hydrogen-bond acceptors (Lipinski definition) is 5. The number of ether oxygens (including phenoxy) is 1. The summed E-state index contributed by atoms with van der Waals surface area (Å²) in [6.07, 6.45) is 3.03. The molecule has 0 unspecified atom stereocenters. The Morgan fingerprint density at radius 2 is 2.14 bits per heavy atom. The number of hydrogen-bond donors (Lipinski definition) is 1. The monoisotopic (exact) mass is 297 g/mol. The van der Waals surface area contributed by atoms with Crippen LogP contribution in [0.15, 0.2) is 53.9 Å². The number of nitrogens with one attached hydrogen (secondary N) is 1. The Labute approximate surface area is 127 Å². The Morgan fingerprint density at radius 3 is 2.82 bits per heavy atom. The molecule has 22 heavy (non-hydrogen) atoms. The van der Waals surface area contributed by atoms with Crippen LogP contribution in [0.4, 0.5) is 5.69 Å². The van der Waals surface area contributed by atoms with Crippen molar-refractivity contribution in [1.29, 1.82) is 0 Å². The number of carbonyl (C=O) groups excluding carboxylic acids is 1. The lowest BCUT2D eigenvalue weighted by atomic mass is 10.0. The van der Waals surface area contributed by atoms with Gasteiger partial charge in [-0.2, -0.15) is 0 Å². The zero-order chi connectivity index (χ0) is 15.4. The van der Waals surface area contributed by atoms with Gasteiger partial charge in [0.15, 0.2) is 0 Å². The highest BCUT2D eigenvalue weighted by atomic mass is 16.6. The highest BCUT2D eigenvalue weighted by molar-refractivity contribution is 6.06. The van der Waals surface area contributed by atoms with Crippen molar-refractivity contribution in [3.8, 4) is 5.75 Å². The van der Waals surface area contributed by atoms with E-state index >= 15 is 0 Å². The average molecular weight is 297 g/mol. The van der Waals surface area contributed by atoms with Crippen molar-refractivity contribution < 1.29 is 14.4 Å². The maximum atomic E-state index is 12.1. The highest BCUT2D eigenvalue weighted by Gasteiger charge is 2.28. The molecule has 0 saturated carbocycles. The second kappa shape index (κ2) is 6.26. The highest BCUT2D eigenvalue weighted by Crippen LogP contribution is 2.20. The van der Waals surface area contributed by atoms with Gasteiger partial charge in [-0.1, -0.05) is 5.16 Å². The summed E-state index contributed by atoms with van der Waals surface area (Å²) in [5.41, 5.74) is 2.29. The fourth-order valence-electron chi connectivity index (χ4n) is 2.13. The van der Waals surface area contributed by atoms with Crippen LogP contribution in [-0.2, 0) is 9.63 Å². The summed E-state index contributed by atoms with van der Waals surface area (Å²) in [4.78, 5) is 21.3. The quantitative estimate of drug-likeness (QED) is 0.939. The zero-order valence-electron chi connectivity index (χ0n) is 12.0. The molecule has 2 heterocycles. The van der Waals surface area contributed by atoms with Crippen molar-refractivity contribution in [2.75, 3.05) is 12.4 Å². The molecule has 1 N–H and O–H groups in total. The van der Waals surface area contributed by atoms with E-state index in [1.807, 2.05) is 24.3 Å². The number of benzene rings is 1. The zero-order valence-corrected chi connectivity index (χ0v) is 12.0. The van der Waals surface area contributed by atoms with E-state index in [4.69, 9.17) is 9.57 Å². The van der Waals surface area contributed by atoms with Gasteiger partial charge in [-0.05, 0) is 42.0 Å². The molecule has 112 valence electrons. The molecule has 1 aromatic heterocycles. The molecule has 0 fully saturated rings. The number of aromatic nitrogens is 1. The fraction of sp³-hybridized carbons (Fsp3) is 0.188. The van der Waals surface area contributed by atoms with E-state index in [1.165, 1.54) is 0 Å². The predicted octanol–water partition coefficient (Wildman–Crippen LogP) is 2.22. The third-order valence-corrected chi connectivity index (χ3v) is 3.31. The van der Waals surface area contributed by atoms with Gasteiger partial charge in [0, 0.05) is 12.6 Å². The number of rotatable bonds is 4. The van der Waals surface area contributed by atoms with Crippen LogP contribution in [0.5, 0.6) is 5.75 Å². The number of methoxy groups -OCH3 is 1. The molecule has 0 radical (unpaired) electrons. The molecule has 3 rings (SSSR count). The summed E-state index contributed by atoms with van der Waals surface area (Å²) >= 11 is 0. The summed E-state index contributed by atoms with van der Waals surface area (Å²) < 4.78 is 5.12. The molecule has 1 aliphatic rings. The Hall–Kier alpha value is -2.89. The van der Waals surface area contributed by atoms with Gasteiger partial charge < -0.3 is 14.9 Å². The van der Waals surface area contributed by atoms with E-state index in [0.29, 0.717) is 12.1 Å². The summed E-state index contributed by atoms with van der Waals surface area (Å²) in [6.45, 7) is 0. The molecule has 1 aromatic carbocycles. The summed E-state index contributed by atoms with van der Waals surface area (Å²) in [5, 5.41) is 6.76. The minimum Gasteiger partial charge on any atom is -0.497 e. The van der Waals surface area contributed by atoms with Crippen LogP contribution < -0.4 is 10.1 Å². The Kier molecular flexibility index (Phi) is 4.00. The lowest BCUT2D eigenvalue weighted by molar-refractivity contribution is -0.125. The Morgan fingerprint density at radius 1 is 1.32 bits per heavy atom. The van der Waals surface area contributed by atoms with Crippen LogP contribution in [0, 0.1) is 0 Å². The van der Waals surface area contributed by atoms with Crippen LogP contribution >= 0.6 is 0 Å². The summed E-state index contributed by atoms with van der Waals surface area (Å²) in [7, 11) is 1.62. The number of nitrogens with zero attached hydrogens (tertiary/aromatic N) is 2. The van der Waals surface area contributed by atoms with Gasteiger partial charge in [0.05, 0.1) is 24.7 Å². The van der Waals surface area contributed by atoms with Gasteiger partial charge in [0.2, 0.25) is 6.10 Å². The number of amides is 1. The number of pyridine rings is 1. The lowest BCUT2D eigenvalue weighted by Crippen LogP contribution is -2.28. The van der Waals surface area contributed by atoms with Gasteiger partial charge in [-0.25, -0.2) is 0 Å². The molecule has 6 heteroatoms. The van der Waals surface area contributed by atoms with Crippen molar-refractivity contribution in [2.45, 2.75) is 12.5 Å². The van der Waals surface area contributed by atoms with Crippen molar-refractivity contribution in [1.82, 2.24) is 4.98 Å². The first-order valence-electron chi connectivity index (χ1n) is 6.84. The lowest BCUT2D eigenvalue weighted by Gasteiger charge is -2.08. The first-order chi connectivity index (χ1) is 10.8. The average Bonchev–Trinajstić information content (AvgIpc) is 3.06. The van der Waals surface area contributed by atoms with E-state index in [2.05, 4.69) is 15.5 Å². The van der Waals surface area contributed by atoms with Crippen LogP contribution in [0.2, 0.25) is 0 Å².